The topological polar surface area (TPSA) is 122 Å². The van der Waals surface area contributed by atoms with Gasteiger partial charge in [0.1, 0.15) is 6.20 Å². The lowest BCUT2D eigenvalue weighted by atomic mass is 10.2. The van der Waals surface area contributed by atoms with Crippen LogP contribution >= 0.6 is 0 Å². The molecule has 0 aliphatic rings. The van der Waals surface area contributed by atoms with E-state index in [2.05, 4.69) is 20.7 Å². The van der Waals surface area contributed by atoms with Crippen LogP contribution < -0.4 is 21.5 Å². The summed E-state index contributed by atoms with van der Waals surface area (Å²) >= 11 is 0. The van der Waals surface area contributed by atoms with E-state index < -0.39 is 4.92 Å². The molecule has 0 radical (unpaired) electrons. The first kappa shape index (κ1) is 14.5. The summed E-state index contributed by atoms with van der Waals surface area (Å²) in [6, 6.07) is 7.38. The third kappa shape index (κ3) is 3.34. The Morgan fingerprint density at radius 3 is 2.48 bits per heavy atom. The van der Waals surface area contributed by atoms with Gasteiger partial charge < -0.3 is 10.2 Å². The van der Waals surface area contributed by atoms with E-state index in [0.717, 1.165) is 11.9 Å². The minimum Gasteiger partial charge on any atom is -0.378 e. The summed E-state index contributed by atoms with van der Waals surface area (Å²) in [5, 5.41) is 13.9. The maximum absolute atomic E-state index is 11.0. The molecule has 0 unspecified atom stereocenters. The second-order valence-electron chi connectivity index (χ2n) is 4.40. The van der Waals surface area contributed by atoms with Crippen molar-refractivity contribution in [2.75, 3.05) is 29.7 Å². The van der Waals surface area contributed by atoms with E-state index in [0.29, 0.717) is 5.69 Å². The molecule has 1 aromatic carbocycles. The molecule has 2 aromatic rings. The fourth-order valence-electron chi connectivity index (χ4n) is 1.65. The molecular formula is C12H15N7O2. The largest absolute Gasteiger partial charge is 0.378 e. The van der Waals surface area contributed by atoms with Crippen LogP contribution in [0.25, 0.3) is 0 Å². The maximum atomic E-state index is 11.0. The van der Waals surface area contributed by atoms with E-state index in [1.807, 2.05) is 31.1 Å². The van der Waals surface area contributed by atoms with Gasteiger partial charge in [-0.1, -0.05) is 0 Å². The van der Waals surface area contributed by atoms with E-state index in [9.17, 15) is 10.1 Å². The lowest BCUT2D eigenvalue weighted by Crippen LogP contribution is -2.12. The van der Waals surface area contributed by atoms with Crippen LogP contribution in [0.3, 0.4) is 0 Å². The van der Waals surface area contributed by atoms with Gasteiger partial charge in [-0.3, -0.25) is 15.5 Å². The maximum Gasteiger partial charge on any atom is 0.329 e. The van der Waals surface area contributed by atoms with Crippen molar-refractivity contribution in [1.82, 2.24) is 9.97 Å². The number of hydrogen-bond acceptors (Lipinski definition) is 8. The number of nitrogen functional groups attached to an aromatic ring is 1. The Kier molecular flexibility index (Phi) is 4.14. The van der Waals surface area contributed by atoms with Gasteiger partial charge in [0.05, 0.1) is 4.92 Å². The highest BCUT2D eigenvalue weighted by Crippen LogP contribution is 2.26. The molecule has 4 N–H and O–H groups in total. The summed E-state index contributed by atoms with van der Waals surface area (Å²) in [7, 11) is 3.85. The van der Waals surface area contributed by atoms with Crippen molar-refractivity contribution in [1.29, 1.82) is 0 Å². The quantitative estimate of drug-likeness (QED) is 0.430. The van der Waals surface area contributed by atoms with Crippen molar-refractivity contribution in [2.45, 2.75) is 0 Å². The standard InChI is InChI=1S/C12H15N7O2/c1-18(2)9-5-3-8(4-6-9)15-11-10(19(20)21)7-14-12(16-11)17-13/h3-7H,13H2,1-2H3,(H2,14,15,16,17). The Morgan fingerprint density at radius 2 is 1.95 bits per heavy atom. The highest BCUT2D eigenvalue weighted by atomic mass is 16.6. The molecule has 0 aliphatic carbocycles. The number of anilines is 4. The number of hydrazine groups is 1. The van der Waals surface area contributed by atoms with Gasteiger partial charge in [-0.25, -0.2) is 10.8 Å². The number of nitrogens with two attached hydrogens (primary N) is 1. The Bertz CT molecular complexity index is 643. The highest BCUT2D eigenvalue weighted by Gasteiger charge is 2.17. The molecule has 21 heavy (non-hydrogen) atoms. The fraction of sp³-hybridized carbons (Fsp3) is 0.167. The zero-order valence-corrected chi connectivity index (χ0v) is 11.6. The van der Waals surface area contributed by atoms with Crippen LogP contribution in [-0.2, 0) is 0 Å². The zero-order valence-electron chi connectivity index (χ0n) is 11.6. The van der Waals surface area contributed by atoms with Crippen LogP contribution in [0, 0.1) is 10.1 Å². The van der Waals surface area contributed by atoms with Crippen molar-refractivity contribution < 1.29 is 4.92 Å². The number of nitrogens with zero attached hydrogens (tertiary/aromatic N) is 4. The average molecular weight is 289 g/mol. The van der Waals surface area contributed by atoms with Gasteiger partial charge in [-0.15, -0.1) is 0 Å². The van der Waals surface area contributed by atoms with Crippen LogP contribution in [-0.4, -0.2) is 29.0 Å². The number of nitrogens with one attached hydrogen (secondary N) is 2. The van der Waals surface area contributed by atoms with Crippen molar-refractivity contribution >= 4 is 28.8 Å². The van der Waals surface area contributed by atoms with Crippen molar-refractivity contribution in [3.05, 3.63) is 40.6 Å². The van der Waals surface area contributed by atoms with Gasteiger partial charge in [0.15, 0.2) is 0 Å². The second-order valence-corrected chi connectivity index (χ2v) is 4.40. The number of rotatable bonds is 5. The summed E-state index contributed by atoms with van der Waals surface area (Å²) < 4.78 is 0. The fourth-order valence-corrected chi connectivity index (χ4v) is 1.65. The number of nitro groups is 1. The van der Waals surface area contributed by atoms with E-state index in [4.69, 9.17) is 5.84 Å². The van der Waals surface area contributed by atoms with Crippen LogP contribution in [0.2, 0.25) is 0 Å². The Labute approximate surface area is 120 Å². The lowest BCUT2D eigenvalue weighted by Gasteiger charge is -2.13. The molecule has 0 saturated carbocycles. The Balaban J connectivity index is 2.31. The van der Waals surface area contributed by atoms with Crippen molar-refractivity contribution in [3.8, 4) is 0 Å². The van der Waals surface area contributed by atoms with Crippen LogP contribution in [0.4, 0.5) is 28.8 Å². The minimum atomic E-state index is -0.559. The molecule has 0 atom stereocenters. The van der Waals surface area contributed by atoms with E-state index in [1.165, 1.54) is 0 Å². The Morgan fingerprint density at radius 1 is 1.29 bits per heavy atom. The van der Waals surface area contributed by atoms with Gasteiger partial charge in [0.2, 0.25) is 11.8 Å². The SMILES string of the molecule is CN(C)c1ccc(Nc2nc(NN)ncc2[N+](=O)[O-])cc1. The first-order chi connectivity index (χ1) is 10.0. The summed E-state index contributed by atoms with van der Waals surface area (Å²) in [6.45, 7) is 0. The third-order valence-electron chi connectivity index (χ3n) is 2.74. The smallest absolute Gasteiger partial charge is 0.329 e. The van der Waals surface area contributed by atoms with Crippen LogP contribution in [0.1, 0.15) is 0 Å². The molecule has 1 heterocycles. The molecule has 0 amide bonds. The molecule has 0 spiro atoms. The van der Waals surface area contributed by atoms with Crippen LogP contribution in [0.5, 0.6) is 0 Å². The van der Waals surface area contributed by atoms with Gasteiger partial charge in [-0.05, 0) is 24.3 Å². The first-order valence-electron chi connectivity index (χ1n) is 6.03. The summed E-state index contributed by atoms with van der Waals surface area (Å²) in [5.41, 5.74) is 3.71. The molecule has 9 heteroatoms. The first-order valence-corrected chi connectivity index (χ1v) is 6.03. The van der Waals surface area contributed by atoms with Gasteiger partial charge in [-0.2, -0.15) is 4.98 Å². The van der Waals surface area contributed by atoms with Crippen molar-refractivity contribution in [3.63, 3.8) is 0 Å². The molecule has 110 valence electrons. The number of hydrogen-bond donors (Lipinski definition) is 3. The van der Waals surface area contributed by atoms with Crippen molar-refractivity contribution in [2.24, 2.45) is 5.84 Å². The zero-order chi connectivity index (χ0) is 15.4. The molecule has 0 fully saturated rings. The van der Waals surface area contributed by atoms with Gasteiger partial charge >= 0.3 is 5.69 Å². The third-order valence-corrected chi connectivity index (χ3v) is 2.74. The van der Waals surface area contributed by atoms with E-state index in [-0.39, 0.29) is 17.5 Å². The normalized spacial score (nSPS) is 10.0. The van der Waals surface area contributed by atoms with E-state index >= 15 is 0 Å². The van der Waals surface area contributed by atoms with Gasteiger partial charge in [0, 0.05) is 25.5 Å². The molecule has 2 rings (SSSR count). The summed E-state index contributed by atoms with van der Waals surface area (Å²) in [4.78, 5) is 20.1. The summed E-state index contributed by atoms with van der Waals surface area (Å²) in [6.07, 6.45) is 1.10. The van der Waals surface area contributed by atoms with Crippen LogP contribution in [0.15, 0.2) is 30.5 Å². The average Bonchev–Trinajstić information content (AvgIpc) is 2.47. The highest BCUT2D eigenvalue weighted by molar-refractivity contribution is 5.67. The Hall–Kier alpha value is -2.94. The predicted molar refractivity (Wildman–Crippen MR) is 80.5 cm³/mol. The predicted octanol–water partition coefficient (Wildman–Crippen LogP) is 1.48. The molecular weight excluding hydrogens is 274 g/mol. The molecule has 1 aromatic heterocycles. The summed E-state index contributed by atoms with van der Waals surface area (Å²) in [5.74, 6) is 5.37. The second kappa shape index (κ2) is 6.01. The minimum absolute atomic E-state index is 0.0700. The molecule has 0 bridgehead atoms. The number of benzene rings is 1. The molecule has 0 saturated heterocycles. The van der Waals surface area contributed by atoms with Gasteiger partial charge in [0.25, 0.3) is 0 Å². The van der Waals surface area contributed by atoms with E-state index in [1.54, 1.807) is 12.1 Å². The number of aromatic nitrogens is 2. The molecule has 0 aliphatic heterocycles. The molecule has 9 nitrogen and oxygen atoms in total. The lowest BCUT2D eigenvalue weighted by molar-refractivity contribution is -0.384. The monoisotopic (exact) mass is 289 g/mol.